The fraction of sp³-hybridized carbons (Fsp3) is 0.385. The molecule has 0 radical (unpaired) electrons. The maximum atomic E-state index is 12.5. The summed E-state index contributed by atoms with van der Waals surface area (Å²) in [7, 11) is -7.51. The minimum Gasteiger partial charge on any atom is -0.301 e. The Labute approximate surface area is 156 Å². The molecule has 0 spiro atoms. The van der Waals surface area contributed by atoms with Crippen molar-refractivity contribution in [2.75, 3.05) is 6.26 Å². The molecule has 1 heterocycles. The quantitative estimate of drug-likeness (QED) is 0.756. The molecule has 0 saturated heterocycles. The van der Waals surface area contributed by atoms with E-state index in [1.165, 1.54) is 29.7 Å². The van der Waals surface area contributed by atoms with Crippen molar-refractivity contribution in [3.8, 4) is 0 Å². The van der Waals surface area contributed by atoms with E-state index in [-0.39, 0.29) is 32.5 Å². The Morgan fingerprint density at radius 2 is 1.80 bits per heavy atom. The Kier molecular flexibility index (Phi) is 5.79. The Morgan fingerprint density at radius 3 is 2.32 bits per heavy atom. The van der Waals surface area contributed by atoms with Crippen molar-refractivity contribution in [1.29, 1.82) is 0 Å². The molecule has 0 aliphatic rings. The zero-order valence-electron chi connectivity index (χ0n) is 13.6. The van der Waals surface area contributed by atoms with Crippen LogP contribution < -0.4 is 4.72 Å². The van der Waals surface area contributed by atoms with Crippen LogP contribution in [0.15, 0.2) is 28.3 Å². The maximum absolute atomic E-state index is 12.5. The number of hydrogen-bond donors (Lipinski definition) is 1. The minimum atomic E-state index is -3.92. The lowest BCUT2D eigenvalue weighted by Crippen LogP contribution is -2.29. The largest absolute Gasteiger partial charge is 0.301 e. The van der Waals surface area contributed by atoms with Crippen LogP contribution in [0.25, 0.3) is 0 Å². The fourth-order valence-electron chi connectivity index (χ4n) is 2.19. The van der Waals surface area contributed by atoms with Crippen LogP contribution in [-0.4, -0.2) is 37.9 Å². The third-order valence-electron chi connectivity index (χ3n) is 3.31. The molecule has 1 atom stereocenters. The zero-order valence-corrected chi connectivity index (χ0v) is 16.7. The van der Waals surface area contributed by atoms with Gasteiger partial charge in [-0.2, -0.15) is 0 Å². The SMILES string of the molecule is CCn1c([C@@H](C)NS(=O)(=O)c2ccc(Cl)c(Cl)c2)nnc1S(C)(=O)=O. The Hall–Kier alpha value is -1.20. The summed E-state index contributed by atoms with van der Waals surface area (Å²) in [5, 5.41) is 7.60. The van der Waals surface area contributed by atoms with Crippen LogP contribution in [0.2, 0.25) is 10.0 Å². The number of rotatable bonds is 6. The summed E-state index contributed by atoms with van der Waals surface area (Å²) < 4.78 is 52.2. The van der Waals surface area contributed by atoms with E-state index in [4.69, 9.17) is 23.2 Å². The number of benzene rings is 1. The average Bonchev–Trinajstić information content (AvgIpc) is 2.93. The summed E-state index contributed by atoms with van der Waals surface area (Å²) in [6, 6.07) is 3.10. The van der Waals surface area contributed by atoms with E-state index in [0.717, 1.165) is 6.26 Å². The molecule has 25 heavy (non-hydrogen) atoms. The first-order chi connectivity index (χ1) is 11.5. The fourth-order valence-corrected chi connectivity index (χ4v) is 4.59. The van der Waals surface area contributed by atoms with Crippen LogP contribution in [0, 0.1) is 0 Å². The van der Waals surface area contributed by atoms with E-state index in [9.17, 15) is 16.8 Å². The van der Waals surface area contributed by atoms with Crippen LogP contribution in [-0.2, 0) is 26.4 Å². The van der Waals surface area contributed by atoms with Crippen molar-refractivity contribution in [3.63, 3.8) is 0 Å². The van der Waals surface area contributed by atoms with Gasteiger partial charge in [-0.15, -0.1) is 10.2 Å². The molecule has 138 valence electrons. The van der Waals surface area contributed by atoms with Crippen LogP contribution in [0.4, 0.5) is 0 Å². The van der Waals surface area contributed by atoms with Crippen LogP contribution in [0.1, 0.15) is 25.7 Å². The molecule has 0 unspecified atom stereocenters. The molecule has 0 saturated carbocycles. The molecule has 0 aliphatic heterocycles. The lowest BCUT2D eigenvalue weighted by atomic mass is 10.3. The smallest absolute Gasteiger partial charge is 0.249 e. The number of aromatic nitrogens is 3. The van der Waals surface area contributed by atoms with Gasteiger partial charge in [-0.05, 0) is 32.0 Å². The van der Waals surface area contributed by atoms with E-state index in [1.54, 1.807) is 6.92 Å². The number of sulfonamides is 1. The van der Waals surface area contributed by atoms with Crippen LogP contribution in [0.3, 0.4) is 0 Å². The topological polar surface area (TPSA) is 111 Å². The highest BCUT2D eigenvalue weighted by atomic mass is 35.5. The van der Waals surface area contributed by atoms with Gasteiger partial charge in [0.2, 0.25) is 25.0 Å². The normalized spacial score (nSPS) is 13.8. The van der Waals surface area contributed by atoms with Gasteiger partial charge < -0.3 is 4.57 Å². The van der Waals surface area contributed by atoms with Crippen LogP contribution in [0.5, 0.6) is 0 Å². The van der Waals surface area contributed by atoms with Gasteiger partial charge >= 0.3 is 0 Å². The van der Waals surface area contributed by atoms with Crippen LogP contribution >= 0.6 is 23.2 Å². The second-order valence-electron chi connectivity index (χ2n) is 5.28. The van der Waals surface area contributed by atoms with Gasteiger partial charge in [0.1, 0.15) is 0 Å². The molecule has 0 bridgehead atoms. The standard InChI is InChI=1S/C13H16Cl2N4O4S2/c1-4-19-12(16-17-13(19)24(3,20)21)8(2)18-25(22,23)9-5-6-10(14)11(15)7-9/h5-8,18H,4H2,1-3H3/t8-/m1/s1. The lowest BCUT2D eigenvalue weighted by Gasteiger charge is -2.15. The molecule has 1 N–H and O–H groups in total. The van der Waals surface area contributed by atoms with Crippen molar-refractivity contribution in [2.45, 2.75) is 36.5 Å². The van der Waals surface area contributed by atoms with E-state index in [0.29, 0.717) is 0 Å². The van der Waals surface area contributed by atoms with E-state index >= 15 is 0 Å². The van der Waals surface area contributed by atoms with Crippen molar-refractivity contribution in [2.24, 2.45) is 0 Å². The van der Waals surface area contributed by atoms with Crippen molar-refractivity contribution >= 4 is 43.1 Å². The summed E-state index contributed by atoms with van der Waals surface area (Å²) in [5.41, 5.74) is 0. The summed E-state index contributed by atoms with van der Waals surface area (Å²) in [6.45, 7) is 3.52. The molecule has 1 aromatic heterocycles. The third kappa shape index (κ3) is 4.32. The molecule has 0 fully saturated rings. The van der Waals surface area contributed by atoms with Gasteiger partial charge in [-0.25, -0.2) is 21.6 Å². The van der Waals surface area contributed by atoms with E-state index in [1.807, 2.05) is 0 Å². The lowest BCUT2D eigenvalue weighted by molar-refractivity contribution is 0.532. The maximum Gasteiger partial charge on any atom is 0.249 e. The van der Waals surface area contributed by atoms with Crippen molar-refractivity contribution in [1.82, 2.24) is 19.5 Å². The van der Waals surface area contributed by atoms with Crippen molar-refractivity contribution < 1.29 is 16.8 Å². The Bertz CT molecular complexity index is 1000. The molecular formula is C13H16Cl2N4O4S2. The molecule has 2 rings (SSSR count). The predicted octanol–water partition coefficient (Wildman–Crippen LogP) is 2.05. The second kappa shape index (κ2) is 7.20. The average molecular weight is 427 g/mol. The number of nitrogens with one attached hydrogen (secondary N) is 1. The number of hydrogen-bond acceptors (Lipinski definition) is 6. The molecule has 2 aromatic rings. The van der Waals surface area contributed by atoms with Crippen molar-refractivity contribution in [3.05, 3.63) is 34.1 Å². The monoisotopic (exact) mass is 426 g/mol. The minimum absolute atomic E-state index is 0.0698. The third-order valence-corrected chi connectivity index (χ3v) is 6.56. The molecule has 12 heteroatoms. The van der Waals surface area contributed by atoms with Gasteiger partial charge in [-0.3, -0.25) is 0 Å². The van der Waals surface area contributed by atoms with Gasteiger partial charge in [0.05, 0.1) is 21.0 Å². The summed E-state index contributed by atoms with van der Waals surface area (Å²) in [6.07, 6.45) is 1.01. The summed E-state index contributed by atoms with van der Waals surface area (Å²) in [4.78, 5) is -0.0698. The van der Waals surface area contributed by atoms with Gasteiger partial charge in [0.15, 0.2) is 5.82 Å². The van der Waals surface area contributed by atoms with Gasteiger partial charge in [0, 0.05) is 12.8 Å². The molecule has 0 aliphatic carbocycles. The number of nitrogens with zero attached hydrogens (tertiary/aromatic N) is 3. The molecule has 0 amide bonds. The molecule has 8 nitrogen and oxygen atoms in total. The highest BCUT2D eigenvalue weighted by molar-refractivity contribution is 7.90. The highest BCUT2D eigenvalue weighted by Crippen LogP contribution is 2.26. The van der Waals surface area contributed by atoms with E-state index in [2.05, 4.69) is 14.9 Å². The first-order valence-electron chi connectivity index (χ1n) is 7.08. The zero-order chi connectivity index (χ0) is 19.0. The molecular weight excluding hydrogens is 411 g/mol. The molecule has 1 aromatic carbocycles. The van der Waals surface area contributed by atoms with Gasteiger partial charge in [0.25, 0.3) is 0 Å². The number of halogens is 2. The Morgan fingerprint density at radius 1 is 1.16 bits per heavy atom. The predicted molar refractivity (Wildman–Crippen MR) is 94.0 cm³/mol. The second-order valence-corrected chi connectivity index (χ2v) is 9.71. The number of sulfone groups is 1. The summed E-state index contributed by atoms with van der Waals surface area (Å²) in [5.74, 6) is 0.187. The first kappa shape index (κ1) is 20.1. The summed E-state index contributed by atoms with van der Waals surface area (Å²) >= 11 is 11.6. The van der Waals surface area contributed by atoms with E-state index < -0.39 is 25.9 Å². The Balaban J connectivity index is 2.37. The van der Waals surface area contributed by atoms with Gasteiger partial charge in [-0.1, -0.05) is 23.2 Å². The first-order valence-corrected chi connectivity index (χ1v) is 11.2. The highest BCUT2D eigenvalue weighted by Gasteiger charge is 2.26.